The summed E-state index contributed by atoms with van der Waals surface area (Å²) in [6.07, 6.45) is 7.82. The first-order valence-electron chi connectivity index (χ1n) is 8.28. The van der Waals surface area contributed by atoms with Gasteiger partial charge in [0.25, 0.3) is 5.91 Å². The van der Waals surface area contributed by atoms with E-state index in [-0.39, 0.29) is 11.9 Å². The molecule has 1 unspecified atom stereocenters. The Balaban J connectivity index is 1.63. The van der Waals surface area contributed by atoms with Crippen molar-refractivity contribution in [3.63, 3.8) is 0 Å². The summed E-state index contributed by atoms with van der Waals surface area (Å²) >= 11 is 1.49. The summed E-state index contributed by atoms with van der Waals surface area (Å²) in [5.41, 5.74) is 1.64. The molecule has 1 atom stereocenters. The largest absolute Gasteiger partial charge is 0.328 e. The van der Waals surface area contributed by atoms with Gasteiger partial charge in [-0.3, -0.25) is 14.9 Å². The van der Waals surface area contributed by atoms with Crippen LogP contribution < -0.4 is 0 Å². The first kappa shape index (κ1) is 15.9. The highest BCUT2D eigenvalue weighted by Gasteiger charge is 2.32. The number of amides is 1. The molecule has 3 aromatic rings. The van der Waals surface area contributed by atoms with Gasteiger partial charge in [0.1, 0.15) is 11.5 Å². The van der Waals surface area contributed by atoms with Crippen LogP contribution in [-0.2, 0) is 0 Å². The van der Waals surface area contributed by atoms with Gasteiger partial charge in [-0.25, -0.2) is 9.97 Å². The smallest absolute Gasteiger partial charge is 0.264 e. The third kappa shape index (κ3) is 3.05. The third-order valence-corrected chi connectivity index (χ3v) is 5.44. The fourth-order valence-corrected chi connectivity index (χ4v) is 4.01. The second kappa shape index (κ2) is 6.72. The second-order valence-electron chi connectivity index (χ2n) is 6.08. The lowest BCUT2D eigenvalue weighted by Crippen LogP contribution is -2.38. The van der Waals surface area contributed by atoms with E-state index in [1.54, 1.807) is 18.6 Å². The van der Waals surface area contributed by atoms with Crippen molar-refractivity contribution in [2.24, 2.45) is 0 Å². The van der Waals surface area contributed by atoms with Crippen LogP contribution in [0.3, 0.4) is 0 Å². The molecule has 1 fully saturated rings. The number of piperidine rings is 1. The van der Waals surface area contributed by atoms with E-state index in [0.29, 0.717) is 17.3 Å². The van der Waals surface area contributed by atoms with Crippen LogP contribution in [0.1, 0.15) is 46.4 Å². The van der Waals surface area contributed by atoms with Gasteiger partial charge < -0.3 is 4.90 Å². The lowest BCUT2D eigenvalue weighted by Gasteiger charge is -2.34. The zero-order chi connectivity index (χ0) is 17.2. The predicted molar refractivity (Wildman–Crippen MR) is 94.1 cm³/mol. The summed E-state index contributed by atoms with van der Waals surface area (Å²) < 4.78 is 0. The van der Waals surface area contributed by atoms with E-state index in [0.717, 1.165) is 36.2 Å². The SMILES string of the molecule is Cc1ccsc1C(=O)N1CCCCC1c1nc(-c2cnccn2)n[nH]1. The molecule has 0 aromatic carbocycles. The summed E-state index contributed by atoms with van der Waals surface area (Å²) in [6, 6.07) is 1.90. The highest BCUT2D eigenvalue weighted by Crippen LogP contribution is 2.32. The second-order valence-corrected chi connectivity index (χ2v) is 6.99. The number of nitrogens with one attached hydrogen (secondary N) is 1. The molecule has 3 aromatic heterocycles. The Kier molecular flexibility index (Phi) is 4.27. The minimum atomic E-state index is -0.0827. The number of aryl methyl sites for hydroxylation is 1. The van der Waals surface area contributed by atoms with Gasteiger partial charge >= 0.3 is 0 Å². The number of carbonyl (C=O) groups excluding carboxylic acids is 1. The zero-order valence-corrected chi connectivity index (χ0v) is 14.7. The molecule has 1 aliphatic rings. The minimum Gasteiger partial charge on any atom is -0.328 e. The quantitative estimate of drug-likeness (QED) is 0.781. The van der Waals surface area contributed by atoms with E-state index in [4.69, 9.17) is 0 Å². The Morgan fingerprint density at radius 3 is 3.04 bits per heavy atom. The van der Waals surface area contributed by atoms with Crippen LogP contribution in [0.15, 0.2) is 30.0 Å². The van der Waals surface area contributed by atoms with E-state index in [2.05, 4.69) is 25.1 Å². The number of H-pyrrole nitrogens is 1. The summed E-state index contributed by atoms with van der Waals surface area (Å²) in [5.74, 6) is 1.30. The highest BCUT2D eigenvalue weighted by molar-refractivity contribution is 7.12. The molecular weight excluding hydrogens is 336 g/mol. The molecule has 0 aliphatic carbocycles. The number of hydrogen-bond acceptors (Lipinski definition) is 6. The lowest BCUT2D eigenvalue weighted by atomic mass is 10.0. The van der Waals surface area contributed by atoms with Crippen molar-refractivity contribution in [3.05, 3.63) is 46.3 Å². The Hall–Kier alpha value is -2.61. The van der Waals surface area contributed by atoms with Gasteiger partial charge in [0, 0.05) is 18.9 Å². The number of rotatable bonds is 3. The maximum absolute atomic E-state index is 13.0. The molecule has 1 aliphatic heterocycles. The average molecular weight is 354 g/mol. The van der Waals surface area contributed by atoms with E-state index in [1.807, 2.05) is 23.3 Å². The predicted octanol–water partition coefficient (Wildman–Crippen LogP) is 3.00. The first-order valence-corrected chi connectivity index (χ1v) is 9.16. The minimum absolute atomic E-state index is 0.0784. The Labute approximate surface area is 149 Å². The number of hydrogen-bond donors (Lipinski definition) is 1. The summed E-state index contributed by atoms with van der Waals surface area (Å²) in [6.45, 7) is 2.71. The molecule has 0 spiro atoms. The number of carbonyl (C=O) groups is 1. The molecule has 1 amide bonds. The molecule has 25 heavy (non-hydrogen) atoms. The molecule has 8 heteroatoms. The molecule has 1 N–H and O–H groups in total. The van der Waals surface area contributed by atoms with Crippen molar-refractivity contribution in [1.82, 2.24) is 30.0 Å². The maximum Gasteiger partial charge on any atom is 0.264 e. The van der Waals surface area contributed by atoms with Gasteiger partial charge in [-0.15, -0.1) is 11.3 Å². The molecule has 0 bridgehead atoms. The van der Waals surface area contributed by atoms with E-state index >= 15 is 0 Å². The van der Waals surface area contributed by atoms with Crippen LogP contribution >= 0.6 is 11.3 Å². The molecule has 128 valence electrons. The summed E-state index contributed by atoms with van der Waals surface area (Å²) in [7, 11) is 0. The van der Waals surface area contributed by atoms with Crippen molar-refractivity contribution >= 4 is 17.2 Å². The highest BCUT2D eigenvalue weighted by atomic mass is 32.1. The number of aromatic nitrogens is 5. The van der Waals surface area contributed by atoms with Gasteiger partial charge in [-0.1, -0.05) is 0 Å². The maximum atomic E-state index is 13.0. The molecule has 1 saturated heterocycles. The van der Waals surface area contributed by atoms with Crippen LogP contribution in [-0.4, -0.2) is 42.5 Å². The molecule has 7 nitrogen and oxygen atoms in total. The molecule has 4 heterocycles. The summed E-state index contributed by atoms with van der Waals surface area (Å²) in [5, 5.41) is 9.22. The number of nitrogens with zero attached hydrogens (tertiary/aromatic N) is 5. The monoisotopic (exact) mass is 354 g/mol. The summed E-state index contributed by atoms with van der Waals surface area (Å²) in [4.78, 5) is 28.6. The van der Waals surface area contributed by atoms with Gasteiger partial charge in [0.2, 0.25) is 5.82 Å². The first-order chi connectivity index (χ1) is 12.2. The number of aromatic amines is 1. The number of thiophene rings is 1. The third-order valence-electron chi connectivity index (χ3n) is 4.43. The van der Waals surface area contributed by atoms with Crippen LogP contribution in [0, 0.1) is 6.92 Å². The van der Waals surface area contributed by atoms with Crippen molar-refractivity contribution in [2.75, 3.05) is 6.54 Å². The van der Waals surface area contributed by atoms with Crippen molar-refractivity contribution in [3.8, 4) is 11.5 Å². The number of likely N-dealkylation sites (tertiary alicyclic amines) is 1. The van der Waals surface area contributed by atoms with Crippen LogP contribution in [0.5, 0.6) is 0 Å². The van der Waals surface area contributed by atoms with Crippen LogP contribution in [0.25, 0.3) is 11.5 Å². The molecule has 0 saturated carbocycles. The lowest BCUT2D eigenvalue weighted by molar-refractivity contribution is 0.0605. The zero-order valence-electron chi connectivity index (χ0n) is 13.8. The van der Waals surface area contributed by atoms with E-state index in [9.17, 15) is 4.79 Å². The van der Waals surface area contributed by atoms with Crippen molar-refractivity contribution < 1.29 is 4.79 Å². The van der Waals surface area contributed by atoms with Crippen molar-refractivity contribution in [2.45, 2.75) is 32.2 Å². The Morgan fingerprint density at radius 2 is 2.28 bits per heavy atom. The molecular formula is C17H18N6OS. The Bertz CT molecular complexity index is 874. The Morgan fingerprint density at radius 1 is 1.36 bits per heavy atom. The standard InChI is InChI=1S/C17H18N6OS/c1-11-5-9-25-14(11)17(24)23-8-3-2-4-13(23)16-20-15(21-22-16)12-10-18-6-7-19-12/h5-7,9-10,13H,2-4,8H2,1H3,(H,20,21,22). The van der Waals surface area contributed by atoms with E-state index in [1.165, 1.54) is 11.3 Å². The normalized spacial score (nSPS) is 17.6. The fourth-order valence-electron chi connectivity index (χ4n) is 3.13. The van der Waals surface area contributed by atoms with Crippen LogP contribution in [0.4, 0.5) is 0 Å². The van der Waals surface area contributed by atoms with Crippen LogP contribution in [0.2, 0.25) is 0 Å². The molecule has 4 rings (SSSR count). The van der Waals surface area contributed by atoms with Gasteiger partial charge in [0.05, 0.1) is 17.1 Å². The van der Waals surface area contributed by atoms with Gasteiger partial charge in [-0.2, -0.15) is 5.10 Å². The fraction of sp³-hybridized carbons (Fsp3) is 0.353. The van der Waals surface area contributed by atoms with Gasteiger partial charge in [-0.05, 0) is 43.2 Å². The topological polar surface area (TPSA) is 87.7 Å². The van der Waals surface area contributed by atoms with Gasteiger partial charge in [0.15, 0.2) is 0 Å². The average Bonchev–Trinajstić information content (AvgIpc) is 3.31. The van der Waals surface area contributed by atoms with E-state index < -0.39 is 0 Å². The van der Waals surface area contributed by atoms with Crippen molar-refractivity contribution in [1.29, 1.82) is 0 Å². The molecule has 0 radical (unpaired) electrons.